The van der Waals surface area contributed by atoms with Crippen molar-refractivity contribution in [3.05, 3.63) is 59.8 Å². The van der Waals surface area contributed by atoms with E-state index in [4.69, 9.17) is 9.47 Å². The molecule has 3 rings (SSSR count). The van der Waals surface area contributed by atoms with Crippen molar-refractivity contribution in [2.24, 2.45) is 0 Å². The molecule has 0 aliphatic carbocycles. The van der Waals surface area contributed by atoms with Crippen LogP contribution in [0.1, 0.15) is 23.0 Å². The number of carbonyl (C=O) groups excluding carboxylic acids is 1. The average molecular weight is 461 g/mol. The fourth-order valence-electron chi connectivity index (χ4n) is 2.44. The number of aromatic nitrogens is 3. The van der Waals surface area contributed by atoms with Crippen molar-refractivity contribution < 1.29 is 45.3 Å². The molecule has 0 aliphatic heterocycles. The van der Waals surface area contributed by atoms with E-state index in [9.17, 15) is 31.1 Å². The molecule has 0 unspecified atom stereocenters. The molecular weight excluding hydrogens is 448 g/mol. The van der Waals surface area contributed by atoms with Gasteiger partial charge in [0.15, 0.2) is 0 Å². The van der Waals surface area contributed by atoms with Gasteiger partial charge >= 0.3 is 18.5 Å². The zero-order chi connectivity index (χ0) is 23.5. The van der Waals surface area contributed by atoms with Gasteiger partial charge in [-0.05, 0) is 43.3 Å². The van der Waals surface area contributed by atoms with Crippen molar-refractivity contribution in [3.8, 4) is 23.1 Å². The van der Waals surface area contributed by atoms with Crippen LogP contribution in [0.25, 0.3) is 5.69 Å². The van der Waals surface area contributed by atoms with Gasteiger partial charge in [0.1, 0.15) is 11.5 Å². The molecule has 2 aromatic carbocycles. The smallest absolute Gasteiger partial charge is 0.461 e. The van der Waals surface area contributed by atoms with Crippen LogP contribution < -0.4 is 9.47 Å². The Balaban J connectivity index is 1.94. The van der Waals surface area contributed by atoms with Crippen LogP contribution in [0.5, 0.6) is 17.4 Å². The summed E-state index contributed by atoms with van der Waals surface area (Å²) in [5.74, 6) is -2.14. The fraction of sp³-hybridized carbons (Fsp3) is 0.211. The molecule has 170 valence electrons. The highest BCUT2D eigenvalue weighted by molar-refractivity contribution is 5.89. The van der Waals surface area contributed by atoms with E-state index >= 15 is 0 Å². The van der Waals surface area contributed by atoms with Crippen molar-refractivity contribution in [2.75, 3.05) is 6.61 Å². The number of ether oxygens (including phenoxy) is 3. The predicted molar refractivity (Wildman–Crippen MR) is 95.5 cm³/mol. The highest BCUT2D eigenvalue weighted by atomic mass is 19.4. The lowest BCUT2D eigenvalue weighted by Crippen LogP contribution is -2.17. The summed E-state index contributed by atoms with van der Waals surface area (Å²) in [7, 11) is 0. The molecule has 0 aliphatic rings. The van der Waals surface area contributed by atoms with Gasteiger partial charge < -0.3 is 14.2 Å². The Kier molecular flexibility index (Phi) is 6.27. The standard InChI is InChI=1S/C19H13F6N3O4/c1-2-30-17(29)15-16(31-13-4-3-5-14(10-13)32-19(23,24)25)27-28(26-15)12-8-6-11(7-9-12)18(20,21)22/h3-10H,2H2,1H3. The molecule has 1 aromatic heterocycles. The first-order valence-corrected chi connectivity index (χ1v) is 8.82. The number of nitrogens with zero attached hydrogens (tertiary/aromatic N) is 3. The Morgan fingerprint density at radius 3 is 2.22 bits per heavy atom. The number of rotatable bonds is 6. The van der Waals surface area contributed by atoms with Crippen LogP contribution in [-0.4, -0.2) is 33.9 Å². The molecule has 0 amide bonds. The summed E-state index contributed by atoms with van der Waals surface area (Å²) in [6.07, 6.45) is -9.48. The van der Waals surface area contributed by atoms with Crippen molar-refractivity contribution in [1.29, 1.82) is 0 Å². The summed E-state index contributed by atoms with van der Waals surface area (Å²) in [6.45, 7) is 1.50. The first kappa shape index (κ1) is 22.9. The van der Waals surface area contributed by atoms with Crippen LogP contribution in [0.4, 0.5) is 26.3 Å². The van der Waals surface area contributed by atoms with E-state index in [1.165, 1.54) is 19.1 Å². The molecule has 3 aromatic rings. The minimum absolute atomic E-state index is 0.0275. The largest absolute Gasteiger partial charge is 0.573 e. The molecule has 13 heteroatoms. The maximum absolute atomic E-state index is 12.8. The first-order valence-electron chi connectivity index (χ1n) is 8.82. The van der Waals surface area contributed by atoms with E-state index in [0.29, 0.717) is 0 Å². The molecule has 0 spiro atoms. The number of alkyl halides is 6. The summed E-state index contributed by atoms with van der Waals surface area (Å²) in [6, 6.07) is 8.14. The van der Waals surface area contributed by atoms with Crippen LogP contribution in [0.3, 0.4) is 0 Å². The van der Waals surface area contributed by atoms with Gasteiger partial charge in [0.25, 0.3) is 5.88 Å². The van der Waals surface area contributed by atoms with E-state index in [1.807, 2.05) is 0 Å². The van der Waals surface area contributed by atoms with Crippen molar-refractivity contribution in [3.63, 3.8) is 0 Å². The normalized spacial score (nSPS) is 11.8. The van der Waals surface area contributed by atoms with Gasteiger partial charge in [-0.2, -0.15) is 13.2 Å². The van der Waals surface area contributed by atoms with Gasteiger partial charge in [-0.25, -0.2) is 4.79 Å². The third kappa shape index (κ3) is 5.68. The predicted octanol–water partition coefficient (Wildman–Crippen LogP) is 5.15. The Morgan fingerprint density at radius 2 is 1.62 bits per heavy atom. The molecule has 0 bridgehead atoms. The number of hydrogen-bond acceptors (Lipinski definition) is 6. The minimum atomic E-state index is -4.93. The molecule has 7 nitrogen and oxygen atoms in total. The van der Waals surface area contributed by atoms with Gasteiger partial charge in [0, 0.05) is 6.07 Å². The molecule has 0 radical (unpaired) electrons. The van der Waals surface area contributed by atoms with E-state index in [1.54, 1.807) is 0 Å². The van der Waals surface area contributed by atoms with E-state index in [0.717, 1.165) is 41.2 Å². The fourth-order valence-corrected chi connectivity index (χ4v) is 2.44. The number of benzene rings is 2. The van der Waals surface area contributed by atoms with E-state index in [2.05, 4.69) is 14.9 Å². The van der Waals surface area contributed by atoms with Gasteiger partial charge in [-0.1, -0.05) is 6.07 Å². The number of hydrogen-bond donors (Lipinski definition) is 0. The quantitative estimate of drug-likeness (QED) is 0.373. The molecule has 32 heavy (non-hydrogen) atoms. The Hall–Kier alpha value is -3.77. The molecule has 1 heterocycles. The highest BCUT2D eigenvalue weighted by Gasteiger charge is 2.32. The van der Waals surface area contributed by atoms with Gasteiger partial charge in [0.2, 0.25) is 5.69 Å². The summed E-state index contributed by atoms with van der Waals surface area (Å²) >= 11 is 0. The van der Waals surface area contributed by atoms with Gasteiger partial charge in [-0.3, -0.25) is 0 Å². The average Bonchev–Trinajstić information content (AvgIpc) is 3.10. The van der Waals surface area contributed by atoms with Crippen molar-refractivity contribution >= 4 is 5.97 Å². The van der Waals surface area contributed by atoms with Crippen LogP contribution in [0.15, 0.2) is 48.5 Å². The summed E-state index contributed by atoms with van der Waals surface area (Å²) in [5.41, 5.74) is -1.28. The SMILES string of the molecule is CCOC(=O)c1nn(-c2ccc(C(F)(F)F)cc2)nc1Oc1cccc(OC(F)(F)F)c1. The number of carbonyl (C=O) groups is 1. The zero-order valence-corrected chi connectivity index (χ0v) is 16.1. The summed E-state index contributed by atoms with van der Waals surface area (Å²) < 4.78 is 89.6. The second-order valence-electron chi connectivity index (χ2n) is 6.03. The van der Waals surface area contributed by atoms with Crippen LogP contribution in [0.2, 0.25) is 0 Å². The van der Waals surface area contributed by atoms with Crippen LogP contribution in [0, 0.1) is 0 Å². The third-order valence-electron chi connectivity index (χ3n) is 3.73. The van der Waals surface area contributed by atoms with Crippen molar-refractivity contribution in [1.82, 2.24) is 15.0 Å². The lowest BCUT2D eigenvalue weighted by Gasteiger charge is -2.10. The molecular formula is C19H13F6N3O4. The maximum Gasteiger partial charge on any atom is 0.573 e. The van der Waals surface area contributed by atoms with E-state index in [-0.39, 0.29) is 18.0 Å². The highest BCUT2D eigenvalue weighted by Crippen LogP contribution is 2.31. The third-order valence-corrected chi connectivity index (χ3v) is 3.73. The molecule has 0 saturated carbocycles. The Labute approximate surface area is 176 Å². The maximum atomic E-state index is 12.8. The zero-order valence-electron chi connectivity index (χ0n) is 16.1. The topological polar surface area (TPSA) is 75.5 Å². The molecule has 0 N–H and O–H groups in total. The first-order chi connectivity index (χ1) is 15.0. The summed E-state index contributed by atoms with van der Waals surface area (Å²) in [5, 5.41) is 7.80. The molecule has 0 saturated heterocycles. The Bertz CT molecular complexity index is 1090. The summed E-state index contributed by atoms with van der Waals surface area (Å²) in [4.78, 5) is 13.0. The lowest BCUT2D eigenvalue weighted by molar-refractivity contribution is -0.274. The van der Waals surface area contributed by atoms with Gasteiger partial charge in [0.05, 0.1) is 17.9 Å². The van der Waals surface area contributed by atoms with Crippen LogP contribution >= 0.6 is 0 Å². The Morgan fingerprint density at radius 1 is 0.969 bits per heavy atom. The minimum Gasteiger partial charge on any atom is -0.461 e. The number of esters is 1. The second-order valence-corrected chi connectivity index (χ2v) is 6.03. The lowest BCUT2D eigenvalue weighted by atomic mass is 10.2. The second kappa shape index (κ2) is 8.77. The van der Waals surface area contributed by atoms with Crippen molar-refractivity contribution in [2.45, 2.75) is 19.5 Å². The monoisotopic (exact) mass is 461 g/mol. The van der Waals surface area contributed by atoms with Crippen LogP contribution in [-0.2, 0) is 10.9 Å². The van der Waals surface area contributed by atoms with E-state index < -0.39 is 41.4 Å². The molecule has 0 fully saturated rings. The molecule has 0 atom stereocenters. The van der Waals surface area contributed by atoms with Gasteiger partial charge in [-0.15, -0.1) is 28.2 Å². The number of halogens is 6.